The molecule has 32 heavy (non-hydrogen) atoms. The fraction of sp³-hybridized carbons (Fsp3) is 0.261. The summed E-state index contributed by atoms with van der Waals surface area (Å²) in [6.45, 7) is 4.96. The van der Waals surface area contributed by atoms with Gasteiger partial charge in [0.05, 0.1) is 30.3 Å². The van der Waals surface area contributed by atoms with E-state index in [1.54, 1.807) is 16.4 Å². The average Bonchev–Trinajstić information content (AvgIpc) is 3.40. The molecule has 1 aliphatic rings. The van der Waals surface area contributed by atoms with E-state index in [2.05, 4.69) is 36.9 Å². The predicted molar refractivity (Wildman–Crippen MR) is 127 cm³/mol. The van der Waals surface area contributed by atoms with Crippen molar-refractivity contribution in [3.05, 3.63) is 77.1 Å². The van der Waals surface area contributed by atoms with Crippen LogP contribution in [0.25, 0.3) is 11.4 Å². The van der Waals surface area contributed by atoms with Crippen molar-refractivity contribution in [1.82, 2.24) is 24.5 Å². The van der Waals surface area contributed by atoms with Crippen LogP contribution in [0, 0.1) is 6.92 Å². The fourth-order valence-corrected chi connectivity index (χ4v) is 5.15. The van der Waals surface area contributed by atoms with E-state index in [0.717, 1.165) is 46.8 Å². The van der Waals surface area contributed by atoms with Gasteiger partial charge in [-0.05, 0) is 31.2 Å². The highest BCUT2D eigenvalue weighted by Gasteiger charge is 2.23. The maximum absolute atomic E-state index is 6.74. The quantitative estimate of drug-likeness (QED) is 0.389. The standard InChI is InChI=1S/C23H23ClN6OS/c1-17-20(21(24)30(27-17)19-10-6-3-7-11-19)16-32-23-26-25-22(28-12-14-31-15-13-28)29(23)18-8-4-2-5-9-18/h2-11H,12-16H2,1H3. The number of halogens is 1. The molecule has 2 aromatic heterocycles. The normalized spacial score (nSPS) is 14.1. The number of benzene rings is 2. The van der Waals surface area contributed by atoms with Crippen LogP contribution in [-0.2, 0) is 10.5 Å². The fourth-order valence-electron chi connectivity index (χ4n) is 3.70. The smallest absolute Gasteiger partial charge is 0.232 e. The van der Waals surface area contributed by atoms with E-state index in [9.17, 15) is 0 Å². The molecule has 4 aromatic rings. The van der Waals surface area contributed by atoms with Crippen LogP contribution in [0.15, 0.2) is 65.8 Å². The first kappa shape index (κ1) is 21.1. The summed E-state index contributed by atoms with van der Waals surface area (Å²) < 4.78 is 9.41. The lowest BCUT2D eigenvalue weighted by molar-refractivity contribution is 0.122. The Morgan fingerprint density at radius 1 is 0.938 bits per heavy atom. The van der Waals surface area contributed by atoms with Crippen LogP contribution >= 0.6 is 23.4 Å². The van der Waals surface area contributed by atoms with E-state index in [0.29, 0.717) is 24.1 Å². The molecule has 0 aliphatic carbocycles. The first-order chi connectivity index (χ1) is 15.7. The van der Waals surface area contributed by atoms with Crippen molar-refractivity contribution in [3.63, 3.8) is 0 Å². The summed E-state index contributed by atoms with van der Waals surface area (Å²) in [5.74, 6) is 1.48. The summed E-state index contributed by atoms with van der Waals surface area (Å²) in [5.41, 5.74) is 3.88. The van der Waals surface area contributed by atoms with Crippen molar-refractivity contribution >= 4 is 29.3 Å². The van der Waals surface area contributed by atoms with Crippen LogP contribution in [0.5, 0.6) is 0 Å². The Balaban J connectivity index is 1.45. The summed E-state index contributed by atoms with van der Waals surface area (Å²) in [6.07, 6.45) is 0. The summed E-state index contributed by atoms with van der Waals surface area (Å²) in [4.78, 5) is 2.22. The van der Waals surface area contributed by atoms with Crippen LogP contribution in [0.3, 0.4) is 0 Å². The number of ether oxygens (including phenoxy) is 1. The first-order valence-electron chi connectivity index (χ1n) is 10.5. The molecule has 3 heterocycles. The number of para-hydroxylation sites is 2. The molecule has 1 aliphatic heterocycles. The zero-order valence-electron chi connectivity index (χ0n) is 17.7. The van der Waals surface area contributed by atoms with Gasteiger partial charge in [0.15, 0.2) is 5.16 Å². The van der Waals surface area contributed by atoms with Crippen molar-refractivity contribution in [2.75, 3.05) is 31.2 Å². The number of thioether (sulfide) groups is 1. The number of hydrogen-bond donors (Lipinski definition) is 0. The Kier molecular flexibility index (Phi) is 6.16. The average molecular weight is 467 g/mol. The van der Waals surface area contributed by atoms with E-state index in [1.807, 2.05) is 55.5 Å². The zero-order chi connectivity index (χ0) is 21.9. The van der Waals surface area contributed by atoms with Crippen molar-refractivity contribution in [3.8, 4) is 11.4 Å². The second-order valence-electron chi connectivity index (χ2n) is 7.44. The Morgan fingerprint density at radius 3 is 2.28 bits per heavy atom. The molecule has 0 N–H and O–H groups in total. The lowest BCUT2D eigenvalue weighted by Crippen LogP contribution is -2.37. The van der Waals surface area contributed by atoms with Crippen molar-refractivity contribution in [1.29, 1.82) is 0 Å². The van der Waals surface area contributed by atoms with Gasteiger partial charge in [0.2, 0.25) is 5.95 Å². The largest absolute Gasteiger partial charge is 0.378 e. The number of anilines is 1. The topological polar surface area (TPSA) is 61.0 Å². The molecule has 0 amide bonds. The predicted octanol–water partition coefficient (Wildman–Crippen LogP) is 4.54. The number of nitrogens with zero attached hydrogens (tertiary/aromatic N) is 6. The number of rotatable bonds is 6. The molecule has 0 spiro atoms. The molecule has 0 saturated carbocycles. The van der Waals surface area contributed by atoms with Crippen molar-refractivity contribution < 1.29 is 4.74 Å². The maximum atomic E-state index is 6.74. The molecular weight excluding hydrogens is 444 g/mol. The van der Waals surface area contributed by atoms with Crippen LogP contribution in [-0.4, -0.2) is 50.8 Å². The number of aromatic nitrogens is 5. The van der Waals surface area contributed by atoms with E-state index in [4.69, 9.17) is 16.3 Å². The Morgan fingerprint density at radius 2 is 1.59 bits per heavy atom. The minimum Gasteiger partial charge on any atom is -0.378 e. The summed E-state index contributed by atoms with van der Waals surface area (Å²) >= 11 is 8.35. The third-order valence-corrected chi connectivity index (χ3v) is 6.74. The summed E-state index contributed by atoms with van der Waals surface area (Å²) in [6, 6.07) is 20.1. The molecule has 164 valence electrons. The number of hydrogen-bond acceptors (Lipinski definition) is 6. The van der Waals surface area contributed by atoms with Gasteiger partial charge in [-0.1, -0.05) is 59.8 Å². The molecule has 0 atom stereocenters. The number of morpholine rings is 1. The van der Waals surface area contributed by atoms with Crippen LogP contribution in [0.4, 0.5) is 5.95 Å². The molecule has 9 heteroatoms. The third kappa shape index (κ3) is 4.13. The van der Waals surface area contributed by atoms with Gasteiger partial charge in [-0.15, -0.1) is 10.2 Å². The molecule has 0 bridgehead atoms. The third-order valence-electron chi connectivity index (χ3n) is 5.39. The van der Waals surface area contributed by atoms with E-state index in [1.165, 1.54) is 0 Å². The summed E-state index contributed by atoms with van der Waals surface area (Å²) in [7, 11) is 0. The van der Waals surface area contributed by atoms with Gasteiger partial charge in [-0.2, -0.15) is 5.10 Å². The van der Waals surface area contributed by atoms with Gasteiger partial charge in [0, 0.05) is 24.4 Å². The maximum Gasteiger partial charge on any atom is 0.232 e. The van der Waals surface area contributed by atoms with Crippen molar-refractivity contribution in [2.24, 2.45) is 0 Å². The lowest BCUT2D eigenvalue weighted by atomic mass is 10.3. The minimum atomic E-state index is 0.625. The second-order valence-corrected chi connectivity index (χ2v) is 8.74. The Hall–Kier alpha value is -2.81. The molecular formula is C23H23ClN6OS. The zero-order valence-corrected chi connectivity index (χ0v) is 19.3. The highest BCUT2D eigenvalue weighted by molar-refractivity contribution is 7.98. The highest BCUT2D eigenvalue weighted by Crippen LogP contribution is 2.33. The van der Waals surface area contributed by atoms with Crippen LogP contribution in [0.1, 0.15) is 11.3 Å². The van der Waals surface area contributed by atoms with Gasteiger partial charge in [-0.25, -0.2) is 4.68 Å². The van der Waals surface area contributed by atoms with Gasteiger partial charge < -0.3 is 9.64 Å². The molecule has 0 unspecified atom stereocenters. The first-order valence-corrected chi connectivity index (χ1v) is 11.8. The molecule has 1 fully saturated rings. The molecule has 2 aromatic carbocycles. The molecule has 7 nitrogen and oxygen atoms in total. The van der Waals surface area contributed by atoms with Gasteiger partial charge in [-0.3, -0.25) is 4.57 Å². The van der Waals surface area contributed by atoms with E-state index >= 15 is 0 Å². The second kappa shape index (κ2) is 9.36. The SMILES string of the molecule is Cc1nn(-c2ccccc2)c(Cl)c1CSc1nnc(N2CCOCC2)n1-c1ccccc1. The summed E-state index contributed by atoms with van der Waals surface area (Å²) in [5, 5.41) is 15.2. The number of aryl methyl sites for hydroxylation is 1. The molecule has 1 saturated heterocycles. The van der Waals surface area contributed by atoms with E-state index < -0.39 is 0 Å². The Bertz CT molecular complexity index is 1190. The van der Waals surface area contributed by atoms with Crippen LogP contribution < -0.4 is 4.90 Å². The van der Waals surface area contributed by atoms with Gasteiger partial charge in [0.25, 0.3) is 0 Å². The van der Waals surface area contributed by atoms with Gasteiger partial charge >= 0.3 is 0 Å². The van der Waals surface area contributed by atoms with Crippen LogP contribution in [0.2, 0.25) is 5.15 Å². The minimum absolute atomic E-state index is 0.625. The molecule has 0 radical (unpaired) electrons. The highest BCUT2D eigenvalue weighted by atomic mass is 35.5. The Labute approximate surface area is 196 Å². The lowest BCUT2D eigenvalue weighted by Gasteiger charge is -2.27. The monoisotopic (exact) mass is 466 g/mol. The van der Waals surface area contributed by atoms with Crippen molar-refractivity contribution in [2.45, 2.75) is 17.8 Å². The van der Waals surface area contributed by atoms with Gasteiger partial charge in [0.1, 0.15) is 5.15 Å². The van der Waals surface area contributed by atoms with E-state index in [-0.39, 0.29) is 0 Å². The molecule has 5 rings (SSSR count).